The van der Waals surface area contributed by atoms with Crippen LogP contribution in [0.1, 0.15) is 32.1 Å². The lowest BCUT2D eigenvalue weighted by atomic mass is 10.1. The van der Waals surface area contributed by atoms with Gasteiger partial charge in [0, 0.05) is 38.1 Å². The predicted octanol–water partition coefficient (Wildman–Crippen LogP) is -0.331. The maximum absolute atomic E-state index is 11.5. The van der Waals surface area contributed by atoms with Crippen LogP contribution in [0.3, 0.4) is 0 Å². The standard InChI is InChI=1S/C12H23N3O3S/c1-19(17,18)15-8-5-10(6-9-15)13-7-4-12(16)14-11-2-3-11/h10-11,13H,2-9H2,1H3,(H,14,16). The fraction of sp³-hybridized carbons (Fsp3) is 0.917. The molecule has 0 radical (unpaired) electrons. The number of carbonyl (C=O) groups is 1. The normalized spacial score (nSPS) is 22.4. The molecule has 2 rings (SSSR count). The number of hydrogen-bond acceptors (Lipinski definition) is 4. The summed E-state index contributed by atoms with van der Waals surface area (Å²) in [6.45, 7) is 1.82. The number of sulfonamides is 1. The average Bonchev–Trinajstić information content (AvgIpc) is 3.12. The Kier molecular flexibility index (Phi) is 4.81. The second-order valence-electron chi connectivity index (χ2n) is 5.48. The monoisotopic (exact) mass is 289 g/mol. The summed E-state index contributed by atoms with van der Waals surface area (Å²) < 4.78 is 24.2. The van der Waals surface area contributed by atoms with Crippen molar-refractivity contribution in [3.05, 3.63) is 0 Å². The molecule has 1 saturated heterocycles. The minimum Gasteiger partial charge on any atom is -0.353 e. The summed E-state index contributed by atoms with van der Waals surface area (Å²) in [6, 6.07) is 0.747. The van der Waals surface area contributed by atoms with Crippen LogP contribution in [0, 0.1) is 0 Å². The van der Waals surface area contributed by atoms with E-state index >= 15 is 0 Å². The van der Waals surface area contributed by atoms with E-state index in [0.717, 1.165) is 25.7 Å². The number of rotatable bonds is 6. The molecule has 110 valence electrons. The van der Waals surface area contributed by atoms with E-state index in [1.165, 1.54) is 10.6 Å². The molecule has 6 nitrogen and oxygen atoms in total. The van der Waals surface area contributed by atoms with Crippen LogP contribution < -0.4 is 10.6 Å². The number of amides is 1. The predicted molar refractivity (Wildman–Crippen MR) is 73.2 cm³/mol. The molecule has 2 N–H and O–H groups in total. The lowest BCUT2D eigenvalue weighted by molar-refractivity contribution is -0.121. The van der Waals surface area contributed by atoms with Crippen LogP contribution in [0.5, 0.6) is 0 Å². The summed E-state index contributed by atoms with van der Waals surface area (Å²) in [5.74, 6) is 0.114. The van der Waals surface area contributed by atoms with Crippen molar-refractivity contribution in [3.8, 4) is 0 Å². The van der Waals surface area contributed by atoms with Crippen molar-refractivity contribution in [2.75, 3.05) is 25.9 Å². The zero-order valence-electron chi connectivity index (χ0n) is 11.4. The molecule has 0 aromatic heterocycles. The zero-order chi connectivity index (χ0) is 13.9. The van der Waals surface area contributed by atoms with E-state index < -0.39 is 10.0 Å². The SMILES string of the molecule is CS(=O)(=O)N1CCC(NCCC(=O)NC2CC2)CC1. The molecule has 1 aliphatic heterocycles. The zero-order valence-corrected chi connectivity index (χ0v) is 12.2. The molecule has 7 heteroatoms. The number of hydrogen-bond donors (Lipinski definition) is 2. The van der Waals surface area contributed by atoms with Crippen molar-refractivity contribution in [2.24, 2.45) is 0 Å². The quantitative estimate of drug-likeness (QED) is 0.702. The van der Waals surface area contributed by atoms with Crippen molar-refractivity contribution in [3.63, 3.8) is 0 Å². The molecule has 2 fully saturated rings. The third-order valence-corrected chi connectivity index (χ3v) is 4.95. The highest BCUT2D eigenvalue weighted by Crippen LogP contribution is 2.18. The van der Waals surface area contributed by atoms with Gasteiger partial charge in [0.15, 0.2) is 0 Å². The maximum atomic E-state index is 11.5. The molecular formula is C12H23N3O3S. The van der Waals surface area contributed by atoms with Gasteiger partial charge < -0.3 is 10.6 Å². The molecule has 0 bridgehead atoms. The molecule has 0 atom stereocenters. The van der Waals surface area contributed by atoms with Gasteiger partial charge in [-0.25, -0.2) is 12.7 Å². The van der Waals surface area contributed by atoms with Crippen molar-refractivity contribution in [1.29, 1.82) is 0 Å². The van der Waals surface area contributed by atoms with E-state index in [0.29, 0.717) is 38.1 Å². The fourth-order valence-electron chi connectivity index (χ4n) is 2.31. The van der Waals surface area contributed by atoms with E-state index in [1.807, 2.05) is 0 Å². The molecule has 2 aliphatic rings. The highest BCUT2D eigenvalue weighted by molar-refractivity contribution is 7.88. The van der Waals surface area contributed by atoms with E-state index in [-0.39, 0.29) is 5.91 Å². The van der Waals surface area contributed by atoms with Gasteiger partial charge in [-0.05, 0) is 25.7 Å². The van der Waals surface area contributed by atoms with Crippen molar-refractivity contribution < 1.29 is 13.2 Å². The Morgan fingerprint density at radius 1 is 1.16 bits per heavy atom. The summed E-state index contributed by atoms with van der Waals surface area (Å²) in [5.41, 5.74) is 0. The molecule has 1 saturated carbocycles. The van der Waals surface area contributed by atoms with Crippen LogP contribution in [0.15, 0.2) is 0 Å². The van der Waals surface area contributed by atoms with Crippen molar-refractivity contribution in [1.82, 2.24) is 14.9 Å². The number of piperidine rings is 1. The van der Waals surface area contributed by atoms with Crippen molar-refractivity contribution in [2.45, 2.75) is 44.2 Å². The largest absolute Gasteiger partial charge is 0.353 e. The molecule has 0 unspecified atom stereocenters. The Bertz CT molecular complexity index is 412. The average molecular weight is 289 g/mol. The van der Waals surface area contributed by atoms with Crippen LogP contribution in [0.4, 0.5) is 0 Å². The molecule has 0 spiro atoms. The number of carbonyl (C=O) groups excluding carboxylic acids is 1. The first-order chi connectivity index (χ1) is 8.95. The van der Waals surface area contributed by atoms with Gasteiger partial charge in [0.2, 0.25) is 15.9 Å². The molecule has 0 aromatic carbocycles. The molecule has 1 aliphatic carbocycles. The summed E-state index contributed by atoms with van der Waals surface area (Å²) in [4.78, 5) is 11.5. The second-order valence-corrected chi connectivity index (χ2v) is 7.46. The van der Waals surface area contributed by atoms with Crippen LogP contribution in [0.2, 0.25) is 0 Å². The van der Waals surface area contributed by atoms with Gasteiger partial charge in [-0.1, -0.05) is 0 Å². The van der Waals surface area contributed by atoms with Crippen LogP contribution in [-0.4, -0.2) is 56.6 Å². The minimum absolute atomic E-state index is 0.114. The lowest BCUT2D eigenvalue weighted by Gasteiger charge is -2.30. The van der Waals surface area contributed by atoms with Gasteiger partial charge in [-0.2, -0.15) is 0 Å². The third-order valence-electron chi connectivity index (χ3n) is 3.65. The Morgan fingerprint density at radius 2 is 1.79 bits per heavy atom. The summed E-state index contributed by atoms with van der Waals surface area (Å²) >= 11 is 0. The third kappa shape index (κ3) is 5.08. The van der Waals surface area contributed by atoms with Gasteiger partial charge in [0.1, 0.15) is 0 Å². The van der Waals surface area contributed by atoms with E-state index in [9.17, 15) is 13.2 Å². The van der Waals surface area contributed by atoms with Gasteiger partial charge in [0.25, 0.3) is 0 Å². The van der Waals surface area contributed by atoms with Crippen molar-refractivity contribution >= 4 is 15.9 Å². The summed E-state index contributed by atoms with van der Waals surface area (Å²) in [7, 11) is -3.05. The second kappa shape index (κ2) is 6.19. The Morgan fingerprint density at radius 3 is 2.32 bits per heavy atom. The van der Waals surface area contributed by atoms with E-state index in [1.54, 1.807) is 0 Å². The van der Waals surface area contributed by atoms with Gasteiger partial charge >= 0.3 is 0 Å². The number of nitrogens with zero attached hydrogens (tertiary/aromatic N) is 1. The Labute approximate surface area is 115 Å². The number of nitrogens with one attached hydrogen (secondary N) is 2. The smallest absolute Gasteiger partial charge is 0.221 e. The molecule has 19 heavy (non-hydrogen) atoms. The topological polar surface area (TPSA) is 78.5 Å². The van der Waals surface area contributed by atoms with Gasteiger partial charge in [-0.15, -0.1) is 0 Å². The van der Waals surface area contributed by atoms with E-state index in [4.69, 9.17) is 0 Å². The highest BCUT2D eigenvalue weighted by atomic mass is 32.2. The van der Waals surface area contributed by atoms with E-state index in [2.05, 4.69) is 10.6 Å². The summed E-state index contributed by atoms with van der Waals surface area (Å²) in [6.07, 6.45) is 5.62. The fourth-order valence-corrected chi connectivity index (χ4v) is 3.18. The Hall–Kier alpha value is -0.660. The Balaban J connectivity index is 1.59. The lowest BCUT2D eigenvalue weighted by Crippen LogP contribution is -2.45. The van der Waals surface area contributed by atoms with Gasteiger partial charge in [0.05, 0.1) is 6.26 Å². The highest BCUT2D eigenvalue weighted by Gasteiger charge is 2.25. The maximum Gasteiger partial charge on any atom is 0.221 e. The first-order valence-electron chi connectivity index (χ1n) is 6.93. The molecule has 1 heterocycles. The molecule has 0 aromatic rings. The van der Waals surface area contributed by atoms with Gasteiger partial charge in [-0.3, -0.25) is 4.79 Å². The first kappa shape index (κ1) is 14.7. The minimum atomic E-state index is -3.05. The summed E-state index contributed by atoms with van der Waals surface area (Å²) in [5, 5.41) is 6.29. The van der Waals surface area contributed by atoms with Crippen LogP contribution in [-0.2, 0) is 14.8 Å². The van der Waals surface area contributed by atoms with Crippen LogP contribution in [0.25, 0.3) is 0 Å². The molecule has 1 amide bonds. The molecular weight excluding hydrogens is 266 g/mol. The first-order valence-corrected chi connectivity index (χ1v) is 8.78. The van der Waals surface area contributed by atoms with Crippen LogP contribution >= 0.6 is 0 Å².